The van der Waals surface area contributed by atoms with Crippen molar-refractivity contribution in [3.8, 4) is 0 Å². The normalized spacial score (nSPS) is 15.9. The molecule has 1 aliphatic heterocycles. The highest BCUT2D eigenvalue weighted by Crippen LogP contribution is 2.20. The lowest BCUT2D eigenvalue weighted by atomic mass is 9.97. The Kier molecular flexibility index (Phi) is 9.37. The Morgan fingerprint density at radius 2 is 1.97 bits per heavy atom. The Morgan fingerprint density at radius 1 is 1.19 bits per heavy atom. The van der Waals surface area contributed by atoms with E-state index in [1.165, 1.54) is 5.56 Å². The topological polar surface area (TPSA) is 74.9 Å². The molecule has 7 heteroatoms. The van der Waals surface area contributed by atoms with Crippen LogP contribution >= 0.6 is 0 Å². The fourth-order valence-electron chi connectivity index (χ4n) is 3.69. The smallest absolute Gasteiger partial charge is 0.208 e. The molecule has 2 heterocycles. The summed E-state index contributed by atoms with van der Waals surface area (Å²) < 4.78 is 11.5. The Morgan fingerprint density at radius 3 is 2.65 bits per heavy atom. The average molecular weight is 428 g/mol. The number of aryl methyl sites for hydroxylation is 2. The number of hydrogen-bond donors (Lipinski definition) is 2. The number of oxazole rings is 1. The number of nitrogens with zero attached hydrogens (tertiary/aromatic N) is 3. The van der Waals surface area contributed by atoms with Crippen LogP contribution in [0.5, 0.6) is 0 Å². The first-order chi connectivity index (χ1) is 15.1. The van der Waals surface area contributed by atoms with Crippen molar-refractivity contribution >= 4 is 5.96 Å². The molecule has 170 valence electrons. The molecule has 0 saturated carbocycles. The molecule has 3 rings (SSSR count). The standard InChI is InChI=1S/C24H37N5O2/c1-4-25-24(26-12-15-30-18-22-8-6-5-7-9-22)27-16-21-10-13-29(14-11-21)17-23-28-19(2)20(3)31-23/h5-9,21H,4,10-18H2,1-3H3,(H2,25,26,27). The number of aliphatic imine (C=N–C) groups is 1. The number of piperidine rings is 1. The van der Waals surface area contributed by atoms with Gasteiger partial charge in [-0.15, -0.1) is 0 Å². The van der Waals surface area contributed by atoms with Gasteiger partial charge in [-0.05, 0) is 58.2 Å². The first-order valence-electron chi connectivity index (χ1n) is 11.4. The molecule has 0 atom stereocenters. The number of ether oxygens (including phenoxy) is 1. The summed E-state index contributed by atoms with van der Waals surface area (Å²) >= 11 is 0. The van der Waals surface area contributed by atoms with Gasteiger partial charge in [-0.3, -0.25) is 9.89 Å². The fraction of sp³-hybridized carbons (Fsp3) is 0.583. The molecule has 0 bridgehead atoms. The van der Waals surface area contributed by atoms with Crippen LogP contribution in [0, 0.1) is 19.8 Å². The summed E-state index contributed by atoms with van der Waals surface area (Å²) in [6, 6.07) is 10.3. The summed E-state index contributed by atoms with van der Waals surface area (Å²) in [4.78, 5) is 11.7. The summed E-state index contributed by atoms with van der Waals surface area (Å²) in [5.74, 6) is 3.25. The highest BCUT2D eigenvalue weighted by atomic mass is 16.5. The number of guanidine groups is 1. The van der Waals surface area contributed by atoms with Gasteiger partial charge in [-0.2, -0.15) is 0 Å². The molecular formula is C24H37N5O2. The van der Waals surface area contributed by atoms with Crippen LogP contribution in [0.1, 0.15) is 42.7 Å². The number of rotatable bonds is 10. The van der Waals surface area contributed by atoms with E-state index in [9.17, 15) is 0 Å². The van der Waals surface area contributed by atoms with Crippen molar-refractivity contribution in [1.29, 1.82) is 0 Å². The van der Waals surface area contributed by atoms with E-state index in [0.717, 1.165) is 75.4 Å². The maximum absolute atomic E-state index is 5.75. The fourth-order valence-corrected chi connectivity index (χ4v) is 3.69. The van der Waals surface area contributed by atoms with Crippen LogP contribution in [-0.2, 0) is 17.9 Å². The molecule has 0 spiro atoms. The van der Waals surface area contributed by atoms with E-state index in [0.29, 0.717) is 19.1 Å². The second kappa shape index (κ2) is 12.5. The molecular weight excluding hydrogens is 390 g/mol. The number of nitrogens with one attached hydrogen (secondary N) is 2. The predicted molar refractivity (Wildman–Crippen MR) is 124 cm³/mol. The summed E-state index contributed by atoms with van der Waals surface area (Å²) in [6.07, 6.45) is 2.31. The molecule has 0 radical (unpaired) electrons. The molecule has 1 saturated heterocycles. The van der Waals surface area contributed by atoms with E-state index < -0.39 is 0 Å². The molecule has 0 amide bonds. The molecule has 0 unspecified atom stereocenters. The first-order valence-corrected chi connectivity index (χ1v) is 11.4. The SMILES string of the molecule is CCNC(=NCC1CCN(Cc2nc(C)c(C)o2)CC1)NCCOCc1ccccc1. The Bertz CT molecular complexity index is 778. The van der Waals surface area contributed by atoms with Crippen molar-refractivity contribution < 1.29 is 9.15 Å². The molecule has 31 heavy (non-hydrogen) atoms. The van der Waals surface area contributed by atoms with Crippen LogP contribution in [0.3, 0.4) is 0 Å². The zero-order valence-corrected chi connectivity index (χ0v) is 19.2. The molecule has 7 nitrogen and oxygen atoms in total. The van der Waals surface area contributed by atoms with Crippen LogP contribution in [-0.4, -0.2) is 55.2 Å². The van der Waals surface area contributed by atoms with Crippen molar-refractivity contribution in [2.45, 2.75) is 46.8 Å². The molecule has 1 aromatic heterocycles. The Balaban J connectivity index is 1.34. The van der Waals surface area contributed by atoms with Gasteiger partial charge in [0.1, 0.15) is 5.76 Å². The van der Waals surface area contributed by atoms with Crippen molar-refractivity contribution in [1.82, 2.24) is 20.5 Å². The van der Waals surface area contributed by atoms with Gasteiger partial charge >= 0.3 is 0 Å². The predicted octanol–water partition coefficient (Wildman–Crippen LogP) is 3.28. The van der Waals surface area contributed by atoms with Crippen molar-refractivity contribution in [2.75, 3.05) is 39.3 Å². The third kappa shape index (κ3) is 7.99. The lowest BCUT2D eigenvalue weighted by molar-refractivity contribution is 0.125. The molecule has 1 aliphatic rings. The summed E-state index contributed by atoms with van der Waals surface area (Å²) in [6.45, 7) is 12.7. The van der Waals surface area contributed by atoms with Gasteiger partial charge in [0.2, 0.25) is 5.89 Å². The minimum absolute atomic E-state index is 0.620. The minimum Gasteiger partial charge on any atom is -0.444 e. The molecule has 2 aromatic rings. The zero-order chi connectivity index (χ0) is 21.9. The summed E-state index contributed by atoms with van der Waals surface area (Å²) in [7, 11) is 0. The number of aromatic nitrogens is 1. The van der Waals surface area contributed by atoms with E-state index in [4.69, 9.17) is 14.1 Å². The number of hydrogen-bond acceptors (Lipinski definition) is 5. The third-order valence-electron chi connectivity index (χ3n) is 5.64. The van der Waals surface area contributed by atoms with Crippen molar-refractivity contribution in [3.63, 3.8) is 0 Å². The molecule has 0 aliphatic carbocycles. The van der Waals surface area contributed by atoms with Gasteiger partial charge < -0.3 is 19.8 Å². The Hall–Kier alpha value is -2.38. The third-order valence-corrected chi connectivity index (χ3v) is 5.64. The van der Waals surface area contributed by atoms with Crippen LogP contribution in [0.15, 0.2) is 39.7 Å². The number of benzene rings is 1. The maximum atomic E-state index is 5.75. The van der Waals surface area contributed by atoms with E-state index in [1.54, 1.807) is 0 Å². The van der Waals surface area contributed by atoms with Crippen LogP contribution in [0.25, 0.3) is 0 Å². The summed E-state index contributed by atoms with van der Waals surface area (Å²) in [5, 5.41) is 6.71. The van der Waals surface area contributed by atoms with E-state index >= 15 is 0 Å². The molecule has 2 N–H and O–H groups in total. The highest BCUT2D eigenvalue weighted by Gasteiger charge is 2.20. The van der Waals surface area contributed by atoms with E-state index in [1.807, 2.05) is 32.0 Å². The highest BCUT2D eigenvalue weighted by molar-refractivity contribution is 5.79. The van der Waals surface area contributed by atoms with Crippen LogP contribution in [0.4, 0.5) is 0 Å². The summed E-state index contributed by atoms with van der Waals surface area (Å²) in [5.41, 5.74) is 2.19. The second-order valence-electron chi connectivity index (χ2n) is 8.15. The van der Waals surface area contributed by atoms with Gasteiger partial charge in [0.15, 0.2) is 5.96 Å². The van der Waals surface area contributed by atoms with Gasteiger partial charge in [0, 0.05) is 19.6 Å². The zero-order valence-electron chi connectivity index (χ0n) is 19.2. The molecule has 1 fully saturated rings. The monoisotopic (exact) mass is 427 g/mol. The Labute approximate surface area is 186 Å². The number of likely N-dealkylation sites (tertiary alicyclic amines) is 1. The van der Waals surface area contributed by atoms with Crippen LogP contribution in [0.2, 0.25) is 0 Å². The van der Waals surface area contributed by atoms with Crippen molar-refractivity contribution in [3.05, 3.63) is 53.2 Å². The van der Waals surface area contributed by atoms with E-state index in [2.05, 4.69) is 39.6 Å². The van der Waals surface area contributed by atoms with Gasteiger partial charge in [0.05, 0.1) is 25.5 Å². The second-order valence-corrected chi connectivity index (χ2v) is 8.15. The quantitative estimate of drug-likeness (QED) is 0.344. The van der Waals surface area contributed by atoms with Gasteiger partial charge in [-0.1, -0.05) is 30.3 Å². The first kappa shape index (κ1) is 23.3. The van der Waals surface area contributed by atoms with Gasteiger partial charge in [0.25, 0.3) is 0 Å². The average Bonchev–Trinajstić information content (AvgIpc) is 3.10. The molecule has 1 aromatic carbocycles. The minimum atomic E-state index is 0.620. The lowest BCUT2D eigenvalue weighted by Crippen LogP contribution is -2.40. The van der Waals surface area contributed by atoms with Crippen molar-refractivity contribution in [2.24, 2.45) is 10.9 Å². The largest absolute Gasteiger partial charge is 0.444 e. The van der Waals surface area contributed by atoms with Crippen LogP contribution < -0.4 is 10.6 Å². The van der Waals surface area contributed by atoms with E-state index in [-0.39, 0.29) is 0 Å². The van der Waals surface area contributed by atoms with Gasteiger partial charge in [-0.25, -0.2) is 4.98 Å². The lowest BCUT2D eigenvalue weighted by Gasteiger charge is -2.30. The maximum Gasteiger partial charge on any atom is 0.208 e.